The lowest BCUT2D eigenvalue weighted by atomic mass is 10.1. The average molecular weight is 362 g/mol. The number of halogens is 1. The number of amides is 1. The summed E-state index contributed by atoms with van der Waals surface area (Å²) in [6, 6.07) is 5.90. The molecule has 7 nitrogen and oxygen atoms in total. The Morgan fingerprint density at radius 1 is 1.35 bits per heavy atom. The van der Waals surface area contributed by atoms with Crippen LogP contribution in [0.5, 0.6) is 5.75 Å². The molecule has 1 aromatic heterocycles. The molecule has 2 heterocycles. The number of nitrogens with one attached hydrogen (secondary N) is 1. The molecule has 1 fully saturated rings. The number of benzene rings is 1. The highest BCUT2D eigenvalue weighted by Gasteiger charge is 2.17. The van der Waals surface area contributed by atoms with Crippen molar-refractivity contribution in [3.63, 3.8) is 0 Å². The molecule has 8 heteroatoms. The van der Waals surface area contributed by atoms with Crippen LogP contribution in [0.25, 0.3) is 11.3 Å². The Morgan fingerprint density at radius 3 is 2.85 bits per heavy atom. The number of carbonyl (C=O) groups excluding carboxylic acids is 1. The molecule has 26 heavy (non-hydrogen) atoms. The van der Waals surface area contributed by atoms with E-state index in [1.54, 1.807) is 23.9 Å². The van der Waals surface area contributed by atoms with E-state index in [1.165, 1.54) is 19.2 Å². The van der Waals surface area contributed by atoms with Gasteiger partial charge in [0.05, 0.1) is 26.0 Å². The molecule has 1 aliphatic heterocycles. The quantitative estimate of drug-likeness (QED) is 0.839. The molecule has 1 saturated heterocycles. The molecule has 3 rings (SSSR count). The number of nitrogens with zero attached hydrogens (tertiary/aromatic N) is 3. The summed E-state index contributed by atoms with van der Waals surface area (Å²) in [6.07, 6.45) is 0. The molecule has 0 aliphatic carbocycles. The van der Waals surface area contributed by atoms with Crippen LogP contribution < -0.4 is 10.1 Å². The molecule has 1 N–H and O–H groups in total. The van der Waals surface area contributed by atoms with Gasteiger partial charge in [-0.1, -0.05) is 0 Å². The summed E-state index contributed by atoms with van der Waals surface area (Å²) in [5.74, 6) is -0.109. The third-order valence-corrected chi connectivity index (χ3v) is 4.37. The molecule has 0 saturated carbocycles. The van der Waals surface area contributed by atoms with Gasteiger partial charge in [-0.25, -0.2) is 4.39 Å². The van der Waals surface area contributed by atoms with Gasteiger partial charge in [0.1, 0.15) is 11.6 Å². The molecule has 0 bridgehead atoms. The van der Waals surface area contributed by atoms with E-state index in [1.807, 2.05) is 0 Å². The van der Waals surface area contributed by atoms with Crippen molar-refractivity contribution in [2.75, 3.05) is 46.5 Å². The highest BCUT2D eigenvalue weighted by molar-refractivity contribution is 5.93. The van der Waals surface area contributed by atoms with E-state index >= 15 is 0 Å². The highest BCUT2D eigenvalue weighted by Crippen LogP contribution is 2.30. The molecule has 140 valence electrons. The summed E-state index contributed by atoms with van der Waals surface area (Å²) in [6.45, 7) is 4.52. The molecule has 0 radical (unpaired) electrons. The number of morpholine rings is 1. The maximum atomic E-state index is 13.6. The first kappa shape index (κ1) is 18.3. The second-order valence-corrected chi connectivity index (χ2v) is 6.09. The minimum Gasteiger partial charge on any atom is -0.496 e. The average Bonchev–Trinajstić information content (AvgIpc) is 3.04. The van der Waals surface area contributed by atoms with Crippen LogP contribution in [0.15, 0.2) is 24.3 Å². The van der Waals surface area contributed by atoms with Crippen molar-refractivity contribution in [2.45, 2.75) is 0 Å². The van der Waals surface area contributed by atoms with Gasteiger partial charge in [0.15, 0.2) is 5.69 Å². The van der Waals surface area contributed by atoms with Crippen LogP contribution in [-0.2, 0) is 11.8 Å². The Bertz CT molecular complexity index is 772. The summed E-state index contributed by atoms with van der Waals surface area (Å²) in [4.78, 5) is 14.6. The molecule has 0 unspecified atom stereocenters. The van der Waals surface area contributed by atoms with Crippen molar-refractivity contribution in [2.24, 2.45) is 7.05 Å². The first-order chi connectivity index (χ1) is 12.6. The lowest BCUT2D eigenvalue weighted by Gasteiger charge is -2.26. The van der Waals surface area contributed by atoms with Crippen LogP contribution in [0, 0.1) is 5.82 Å². The molecule has 2 aromatic rings. The second-order valence-electron chi connectivity index (χ2n) is 6.09. The maximum Gasteiger partial charge on any atom is 0.271 e. The van der Waals surface area contributed by atoms with E-state index in [4.69, 9.17) is 9.47 Å². The van der Waals surface area contributed by atoms with E-state index in [0.717, 1.165) is 32.8 Å². The van der Waals surface area contributed by atoms with Crippen molar-refractivity contribution in [1.82, 2.24) is 20.0 Å². The van der Waals surface area contributed by atoms with Gasteiger partial charge in [-0.3, -0.25) is 14.4 Å². The zero-order valence-corrected chi connectivity index (χ0v) is 15.0. The van der Waals surface area contributed by atoms with Crippen molar-refractivity contribution in [1.29, 1.82) is 0 Å². The summed E-state index contributed by atoms with van der Waals surface area (Å²) in [7, 11) is 3.23. The number of hydrogen-bond acceptors (Lipinski definition) is 5. The van der Waals surface area contributed by atoms with Gasteiger partial charge in [-0.15, -0.1) is 0 Å². The first-order valence-electron chi connectivity index (χ1n) is 8.54. The molecule has 1 amide bonds. The summed E-state index contributed by atoms with van der Waals surface area (Å²) >= 11 is 0. The van der Waals surface area contributed by atoms with Gasteiger partial charge in [-0.05, 0) is 24.3 Å². The molecule has 1 aromatic carbocycles. The van der Waals surface area contributed by atoms with Crippen molar-refractivity contribution in [3.8, 4) is 17.0 Å². The van der Waals surface area contributed by atoms with Crippen LogP contribution in [0.2, 0.25) is 0 Å². The second kappa shape index (κ2) is 8.29. The molecule has 1 aliphatic rings. The Balaban J connectivity index is 1.67. The predicted octanol–water partition coefficient (Wildman–Crippen LogP) is 1.30. The molecule has 0 spiro atoms. The normalized spacial score (nSPS) is 15.0. The Hall–Kier alpha value is -2.45. The van der Waals surface area contributed by atoms with Gasteiger partial charge < -0.3 is 14.8 Å². The van der Waals surface area contributed by atoms with Crippen LogP contribution in [0.3, 0.4) is 0 Å². The summed E-state index contributed by atoms with van der Waals surface area (Å²) in [5.41, 5.74) is 1.45. The van der Waals surface area contributed by atoms with Gasteiger partial charge in [0.2, 0.25) is 0 Å². The summed E-state index contributed by atoms with van der Waals surface area (Å²) < 4.78 is 25.8. The smallest absolute Gasteiger partial charge is 0.271 e. The summed E-state index contributed by atoms with van der Waals surface area (Å²) in [5, 5.41) is 7.13. The zero-order chi connectivity index (χ0) is 18.5. The fourth-order valence-electron chi connectivity index (χ4n) is 2.95. The van der Waals surface area contributed by atoms with E-state index in [-0.39, 0.29) is 17.4 Å². The minimum atomic E-state index is -0.376. The number of carbonyl (C=O) groups is 1. The van der Waals surface area contributed by atoms with E-state index in [2.05, 4.69) is 15.3 Å². The topological polar surface area (TPSA) is 68.6 Å². The molecule has 0 atom stereocenters. The minimum absolute atomic E-state index is 0.254. The van der Waals surface area contributed by atoms with Gasteiger partial charge >= 0.3 is 0 Å². The van der Waals surface area contributed by atoms with Crippen molar-refractivity contribution < 1.29 is 18.7 Å². The monoisotopic (exact) mass is 362 g/mol. The standard InChI is InChI=1S/C18H23FN4O3/c1-22-16(14-11-13(19)3-4-17(14)25-2)12-15(21-22)18(24)20-5-6-23-7-9-26-10-8-23/h3-4,11-12H,5-10H2,1-2H3,(H,20,24). The van der Waals surface area contributed by atoms with Gasteiger partial charge in [0.25, 0.3) is 5.91 Å². The van der Waals surface area contributed by atoms with Crippen LogP contribution in [0.4, 0.5) is 4.39 Å². The van der Waals surface area contributed by atoms with Crippen LogP contribution >= 0.6 is 0 Å². The van der Waals surface area contributed by atoms with Crippen molar-refractivity contribution in [3.05, 3.63) is 35.8 Å². The van der Waals surface area contributed by atoms with E-state index < -0.39 is 0 Å². The van der Waals surface area contributed by atoms with Gasteiger partial charge in [0, 0.05) is 38.8 Å². The lowest BCUT2D eigenvalue weighted by molar-refractivity contribution is 0.0383. The van der Waals surface area contributed by atoms with Crippen LogP contribution in [-0.4, -0.2) is 67.1 Å². The lowest BCUT2D eigenvalue weighted by Crippen LogP contribution is -2.41. The zero-order valence-electron chi connectivity index (χ0n) is 15.0. The fourth-order valence-corrected chi connectivity index (χ4v) is 2.95. The Labute approximate surface area is 151 Å². The third kappa shape index (κ3) is 4.20. The third-order valence-electron chi connectivity index (χ3n) is 4.37. The van der Waals surface area contributed by atoms with E-state index in [9.17, 15) is 9.18 Å². The molecular weight excluding hydrogens is 339 g/mol. The van der Waals surface area contributed by atoms with Crippen LogP contribution in [0.1, 0.15) is 10.5 Å². The number of rotatable bonds is 6. The largest absolute Gasteiger partial charge is 0.496 e. The maximum absolute atomic E-state index is 13.6. The van der Waals surface area contributed by atoms with E-state index in [0.29, 0.717) is 23.6 Å². The number of methoxy groups -OCH3 is 1. The fraction of sp³-hybridized carbons (Fsp3) is 0.444. The number of hydrogen-bond donors (Lipinski definition) is 1. The highest BCUT2D eigenvalue weighted by atomic mass is 19.1. The SMILES string of the molecule is COc1ccc(F)cc1-c1cc(C(=O)NCCN2CCOCC2)nn1C. The Kier molecular flexibility index (Phi) is 5.85. The molecular formula is C18H23FN4O3. The number of ether oxygens (including phenoxy) is 2. The predicted molar refractivity (Wildman–Crippen MR) is 94.7 cm³/mol. The number of aryl methyl sites for hydroxylation is 1. The Morgan fingerprint density at radius 2 is 2.12 bits per heavy atom. The van der Waals surface area contributed by atoms with Gasteiger partial charge in [-0.2, -0.15) is 5.10 Å². The van der Waals surface area contributed by atoms with Crippen molar-refractivity contribution >= 4 is 5.91 Å². The first-order valence-corrected chi connectivity index (χ1v) is 8.54. The number of aromatic nitrogens is 2.